The highest BCUT2D eigenvalue weighted by Crippen LogP contribution is 2.30. The van der Waals surface area contributed by atoms with Crippen molar-refractivity contribution < 1.29 is 0 Å². The number of aromatic nitrogens is 1. The van der Waals surface area contributed by atoms with Crippen LogP contribution in [0.5, 0.6) is 0 Å². The van der Waals surface area contributed by atoms with Crippen LogP contribution in [0.1, 0.15) is 42.8 Å². The van der Waals surface area contributed by atoms with Crippen LogP contribution in [0.2, 0.25) is 0 Å². The highest BCUT2D eigenvalue weighted by molar-refractivity contribution is 7.11. The fourth-order valence-corrected chi connectivity index (χ4v) is 3.63. The van der Waals surface area contributed by atoms with Gasteiger partial charge in [-0.15, -0.1) is 11.3 Å². The molecular weight excluding hydrogens is 216 g/mol. The van der Waals surface area contributed by atoms with Crippen LogP contribution in [0.15, 0.2) is 0 Å². The smallest absolute Gasteiger partial charge is 0.0934 e. The Morgan fingerprint density at radius 1 is 1.44 bits per heavy atom. The Bertz CT molecular complexity index is 356. The molecule has 1 fully saturated rings. The van der Waals surface area contributed by atoms with Gasteiger partial charge in [-0.2, -0.15) is 0 Å². The van der Waals surface area contributed by atoms with Crippen LogP contribution >= 0.6 is 11.3 Å². The second-order valence-corrected chi connectivity index (χ2v) is 7.11. The summed E-state index contributed by atoms with van der Waals surface area (Å²) in [6.45, 7) is 11.3. The lowest BCUT2D eigenvalue weighted by Crippen LogP contribution is -2.14. The molecule has 1 aliphatic rings. The second kappa shape index (κ2) is 4.46. The third-order valence-electron chi connectivity index (χ3n) is 3.18. The average molecular weight is 238 g/mol. The number of nitrogens with one attached hydrogen (secondary N) is 1. The van der Waals surface area contributed by atoms with Crippen LogP contribution in [0.25, 0.3) is 0 Å². The third kappa shape index (κ3) is 2.64. The van der Waals surface area contributed by atoms with E-state index in [1.54, 1.807) is 0 Å². The summed E-state index contributed by atoms with van der Waals surface area (Å²) in [4.78, 5) is 6.23. The minimum Gasteiger partial charge on any atom is -0.316 e. The quantitative estimate of drug-likeness (QED) is 0.857. The van der Waals surface area contributed by atoms with Crippen molar-refractivity contribution in [1.82, 2.24) is 10.3 Å². The van der Waals surface area contributed by atoms with E-state index in [0.29, 0.717) is 0 Å². The molecule has 0 aliphatic carbocycles. The van der Waals surface area contributed by atoms with Gasteiger partial charge in [-0.25, -0.2) is 4.98 Å². The summed E-state index contributed by atoms with van der Waals surface area (Å²) in [5, 5.41) is 4.75. The molecule has 1 aromatic rings. The van der Waals surface area contributed by atoms with Gasteiger partial charge in [-0.3, -0.25) is 0 Å². The van der Waals surface area contributed by atoms with Crippen molar-refractivity contribution >= 4 is 11.3 Å². The lowest BCUT2D eigenvalue weighted by molar-refractivity contribution is 0.552. The van der Waals surface area contributed by atoms with Gasteiger partial charge in [0.2, 0.25) is 0 Å². The maximum atomic E-state index is 4.84. The van der Waals surface area contributed by atoms with Crippen LogP contribution in [-0.4, -0.2) is 18.1 Å². The number of rotatable bonds is 2. The van der Waals surface area contributed by atoms with Crippen LogP contribution in [0.3, 0.4) is 0 Å². The Labute approximate surface area is 102 Å². The van der Waals surface area contributed by atoms with Crippen molar-refractivity contribution in [3.63, 3.8) is 0 Å². The Kier molecular flexibility index (Phi) is 3.36. The number of aryl methyl sites for hydroxylation is 1. The maximum Gasteiger partial charge on any atom is 0.0934 e. The van der Waals surface area contributed by atoms with E-state index in [1.165, 1.54) is 35.1 Å². The molecule has 3 heteroatoms. The SMILES string of the molecule is Cc1sc(CC2CCNC2)nc1C(C)(C)C. The summed E-state index contributed by atoms with van der Waals surface area (Å²) in [6.07, 6.45) is 2.47. The predicted molar refractivity (Wildman–Crippen MR) is 70.2 cm³/mol. The molecule has 0 spiro atoms. The number of hydrogen-bond acceptors (Lipinski definition) is 3. The van der Waals surface area contributed by atoms with Gasteiger partial charge >= 0.3 is 0 Å². The van der Waals surface area contributed by atoms with E-state index in [2.05, 4.69) is 33.0 Å². The van der Waals surface area contributed by atoms with E-state index < -0.39 is 0 Å². The Morgan fingerprint density at radius 2 is 2.19 bits per heavy atom. The largest absolute Gasteiger partial charge is 0.316 e. The van der Waals surface area contributed by atoms with Gasteiger partial charge in [0.1, 0.15) is 0 Å². The van der Waals surface area contributed by atoms with Crippen molar-refractivity contribution in [3.8, 4) is 0 Å². The Balaban J connectivity index is 2.11. The Morgan fingerprint density at radius 3 is 2.69 bits per heavy atom. The summed E-state index contributed by atoms with van der Waals surface area (Å²) in [7, 11) is 0. The molecule has 90 valence electrons. The third-order valence-corrected chi connectivity index (χ3v) is 4.17. The molecule has 1 unspecified atom stereocenters. The van der Waals surface area contributed by atoms with E-state index >= 15 is 0 Å². The Hall–Kier alpha value is -0.410. The molecule has 0 saturated carbocycles. The molecule has 1 aromatic heterocycles. The number of nitrogens with zero attached hydrogens (tertiary/aromatic N) is 1. The van der Waals surface area contributed by atoms with Gasteiger partial charge in [0.25, 0.3) is 0 Å². The highest BCUT2D eigenvalue weighted by Gasteiger charge is 2.23. The summed E-state index contributed by atoms with van der Waals surface area (Å²) in [5.74, 6) is 0.804. The van der Waals surface area contributed by atoms with E-state index in [-0.39, 0.29) is 5.41 Å². The van der Waals surface area contributed by atoms with Crippen molar-refractivity contribution in [2.45, 2.75) is 46.0 Å². The molecule has 2 nitrogen and oxygen atoms in total. The van der Waals surface area contributed by atoms with Crippen LogP contribution < -0.4 is 5.32 Å². The van der Waals surface area contributed by atoms with E-state index in [9.17, 15) is 0 Å². The first-order valence-electron chi connectivity index (χ1n) is 6.14. The summed E-state index contributed by atoms with van der Waals surface area (Å²) >= 11 is 1.89. The maximum absolute atomic E-state index is 4.84. The normalized spacial score (nSPS) is 21.6. The molecule has 0 bridgehead atoms. The highest BCUT2D eigenvalue weighted by atomic mass is 32.1. The van der Waals surface area contributed by atoms with Gasteiger partial charge in [-0.1, -0.05) is 20.8 Å². The zero-order valence-electron chi connectivity index (χ0n) is 10.8. The van der Waals surface area contributed by atoms with Gasteiger partial charge in [-0.05, 0) is 32.4 Å². The van der Waals surface area contributed by atoms with Gasteiger partial charge in [0.05, 0.1) is 10.7 Å². The molecule has 1 saturated heterocycles. The molecule has 0 radical (unpaired) electrons. The first-order chi connectivity index (χ1) is 7.47. The first-order valence-corrected chi connectivity index (χ1v) is 6.96. The fourth-order valence-electron chi connectivity index (χ4n) is 2.37. The lowest BCUT2D eigenvalue weighted by atomic mass is 9.91. The average Bonchev–Trinajstić information content (AvgIpc) is 2.74. The second-order valence-electron chi connectivity index (χ2n) is 5.83. The molecule has 1 N–H and O–H groups in total. The number of hydrogen-bond donors (Lipinski definition) is 1. The summed E-state index contributed by atoms with van der Waals surface area (Å²) < 4.78 is 0. The summed E-state index contributed by atoms with van der Waals surface area (Å²) in [5.41, 5.74) is 1.48. The van der Waals surface area contributed by atoms with Crippen molar-refractivity contribution in [1.29, 1.82) is 0 Å². The van der Waals surface area contributed by atoms with Crippen molar-refractivity contribution in [2.75, 3.05) is 13.1 Å². The molecule has 1 aliphatic heterocycles. The van der Waals surface area contributed by atoms with E-state index in [1.807, 2.05) is 11.3 Å². The molecular formula is C13H22N2S. The number of thiazole rings is 1. The lowest BCUT2D eigenvalue weighted by Gasteiger charge is -2.16. The predicted octanol–water partition coefficient (Wildman–Crippen LogP) is 2.90. The van der Waals surface area contributed by atoms with Crippen LogP contribution in [0.4, 0.5) is 0 Å². The van der Waals surface area contributed by atoms with Crippen LogP contribution in [-0.2, 0) is 11.8 Å². The fraction of sp³-hybridized carbons (Fsp3) is 0.769. The van der Waals surface area contributed by atoms with E-state index in [4.69, 9.17) is 4.98 Å². The van der Waals surface area contributed by atoms with E-state index in [0.717, 1.165) is 12.3 Å². The minimum absolute atomic E-state index is 0.187. The minimum atomic E-state index is 0.187. The molecule has 2 rings (SSSR count). The molecule has 16 heavy (non-hydrogen) atoms. The standard InChI is InChI=1S/C13H22N2S/c1-9-12(13(2,3)4)15-11(16-9)7-10-5-6-14-8-10/h10,14H,5-8H2,1-4H3. The zero-order chi connectivity index (χ0) is 11.8. The molecule has 0 aromatic carbocycles. The monoisotopic (exact) mass is 238 g/mol. The molecule has 1 atom stereocenters. The van der Waals surface area contributed by atoms with Crippen molar-refractivity contribution in [3.05, 3.63) is 15.6 Å². The zero-order valence-corrected chi connectivity index (χ0v) is 11.6. The van der Waals surface area contributed by atoms with Crippen LogP contribution in [0, 0.1) is 12.8 Å². The summed E-state index contributed by atoms with van der Waals surface area (Å²) in [6, 6.07) is 0. The first kappa shape index (κ1) is 12.1. The molecule has 2 heterocycles. The van der Waals surface area contributed by atoms with Gasteiger partial charge in [0.15, 0.2) is 0 Å². The van der Waals surface area contributed by atoms with Gasteiger partial charge < -0.3 is 5.32 Å². The van der Waals surface area contributed by atoms with Gasteiger partial charge in [0, 0.05) is 16.7 Å². The van der Waals surface area contributed by atoms with Crippen molar-refractivity contribution in [2.24, 2.45) is 5.92 Å². The topological polar surface area (TPSA) is 24.9 Å². The molecule has 0 amide bonds.